The van der Waals surface area contributed by atoms with E-state index >= 15 is 0 Å². The zero-order valence-electron chi connectivity index (χ0n) is 12.2. The van der Waals surface area contributed by atoms with E-state index in [1.165, 1.54) is 31.4 Å². The van der Waals surface area contributed by atoms with Crippen LogP contribution in [0.2, 0.25) is 0 Å². The summed E-state index contributed by atoms with van der Waals surface area (Å²) in [4.78, 5) is 4.57. The molecule has 112 valence electrons. The molecular weight excluding hydrogens is 270 g/mol. The summed E-state index contributed by atoms with van der Waals surface area (Å²) in [7, 11) is 0. The van der Waals surface area contributed by atoms with Crippen molar-refractivity contribution in [3.8, 4) is 0 Å². The maximum absolute atomic E-state index is 6.12. The predicted molar refractivity (Wildman–Crippen MR) is 81.5 cm³/mol. The zero-order chi connectivity index (χ0) is 14.0. The smallest absolute Gasteiger partial charge is 0.0897 e. The second-order valence-corrected chi connectivity index (χ2v) is 7.39. The molecule has 2 aliphatic rings. The number of rotatable bonds is 4. The number of nitrogens with zero attached hydrogens (tertiary/aromatic N) is 1. The molecule has 1 aromatic heterocycles. The molecule has 0 bridgehead atoms. The third-order valence-corrected chi connectivity index (χ3v) is 5.75. The highest BCUT2D eigenvalue weighted by molar-refractivity contribution is 7.09. The van der Waals surface area contributed by atoms with Crippen LogP contribution in [-0.4, -0.2) is 23.2 Å². The van der Waals surface area contributed by atoms with E-state index in [9.17, 15) is 0 Å². The van der Waals surface area contributed by atoms with Crippen molar-refractivity contribution in [2.24, 2.45) is 11.8 Å². The molecule has 0 aromatic carbocycles. The number of aryl methyl sites for hydroxylation is 1. The van der Waals surface area contributed by atoms with Crippen LogP contribution >= 0.6 is 11.3 Å². The van der Waals surface area contributed by atoms with Crippen molar-refractivity contribution in [2.45, 2.75) is 63.5 Å². The van der Waals surface area contributed by atoms with E-state index < -0.39 is 0 Å². The van der Waals surface area contributed by atoms with E-state index in [-0.39, 0.29) is 5.60 Å². The lowest BCUT2D eigenvalue weighted by Gasteiger charge is -2.41. The van der Waals surface area contributed by atoms with Crippen molar-refractivity contribution in [2.75, 3.05) is 6.61 Å². The predicted octanol–water partition coefficient (Wildman–Crippen LogP) is 2.57. The zero-order valence-corrected chi connectivity index (χ0v) is 13.0. The van der Waals surface area contributed by atoms with Crippen LogP contribution in [-0.2, 0) is 11.2 Å². The largest absolute Gasteiger partial charge is 0.375 e. The number of aromatic nitrogens is 1. The van der Waals surface area contributed by atoms with Gasteiger partial charge in [-0.1, -0.05) is 12.8 Å². The Balaban J connectivity index is 1.65. The van der Waals surface area contributed by atoms with Gasteiger partial charge in [-0.2, -0.15) is 0 Å². The van der Waals surface area contributed by atoms with Crippen LogP contribution in [0.5, 0.6) is 0 Å². The number of nitrogens with one attached hydrogen (secondary N) is 1. The molecule has 5 heteroatoms. The normalized spacial score (nSPS) is 27.0. The minimum Gasteiger partial charge on any atom is -0.375 e. The Hall–Kier alpha value is -0.490. The van der Waals surface area contributed by atoms with E-state index in [1.54, 1.807) is 11.3 Å². The van der Waals surface area contributed by atoms with Crippen LogP contribution in [0.4, 0.5) is 0 Å². The highest BCUT2D eigenvalue weighted by Gasteiger charge is 2.41. The Morgan fingerprint density at radius 1 is 1.55 bits per heavy atom. The number of hydrazine groups is 1. The lowest BCUT2D eigenvalue weighted by molar-refractivity contribution is -0.0979. The summed E-state index contributed by atoms with van der Waals surface area (Å²) in [5.41, 5.74) is 4.38. The minimum absolute atomic E-state index is 0.163. The van der Waals surface area contributed by atoms with Crippen molar-refractivity contribution < 1.29 is 4.74 Å². The van der Waals surface area contributed by atoms with E-state index in [0.29, 0.717) is 12.0 Å². The lowest BCUT2D eigenvalue weighted by atomic mass is 9.79. The third kappa shape index (κ3) is 3.06. The fourth-order valence-electron chi connectivity index (χ4n) is 3.87. The van der Waals surface area contributed by atoms with Gasteiger partial charge in [0.15, 0.2) is 0 Å². The maximum atomic E-state index is 6.12. The lowest BCUT2D eigenvalue weighted by Crippen LogP contribution is -2.48. The quantitative estimate of drug-likeness (QED) is 0.662. The van der Waals surface area contributed by atoms with Crippen LogP contribution < -0.4 is 11.3 Å². The fourth-order valence-corrected chi connectivity index (χ4v) is 4.49. The maximum Gasteiger partial charge on any atom is 0.0897 e. The topological polar surface area (TPSA) is 60.2 Å². The van der Waals surface area contributed by atoms with Crippen molar-refractivity contribution in [3.05, 3.63) is 16.1 Å². The Morgan fingerprint density at radius 2 is 2.35 bits per heavy atom. The van der Waals surface area contributed by atoms with Gasteiger partial charge in [0.25, 0.3) is 0 Å². The molecule has 1 spiro atoms. The molecule has 1 saturated carbocycles. The van der Waals surface area contributed by atoms with E-state index in [0.717, 1.165) is 30.9 Å². The summed E-state index contributed by atoms with van der Waals surface area (Å²) in [5.74, 6) is 6.44. The van der Waals surface area contributed by atoms with Crippen LogP contribution in [0.25, 0.3) is 0 Å². The molecule has 3 rings (SSSR count). The summed E-state index contributed by atoms with van der Waals surface area (Å²) < 4.78 is 6.12. The summed E-state index contributed by atoms with van der Waals surface area (Å²) in [6.07, 6.45) is 8.30. The number of nitrogens with two attached hydrogens (primary N) is 1. The monoisotopic (exact) mass is 295 g/mol. The minimum atomic E-state index is 0.163. The average molecular weight is 295 g/mol. The van der Waals surface area contributed by atoms with Crippen molar-refractivity contribution in [1.29, 1.82) is 0 Å². The number of hydrogen-bond acceptors (Lipinski definition) is 5. The third-order valence-electron chi connectivity index (χ3n) is 4.92. The van der Waals surface area contributed by atoms with Gasteiger partial charge in [0.05, 0.1) is 16.3 Å². The highest BCUT2D eigenvalue weighted by atomic mass is 32.1. The van der Waals surface area contributed by atoms with Gasteiger partial charge in [-0.25, -0.2) is 4.98 Å². The van der Waals surface area contributed by atoms with Gasteiger partial charge >= 0.3 is 0 Å². The Bertz CT molecular complexity index is 442. The highest BCUT2D eigenvalue weighted by Crippen LogP contribution is 2.43. The molecule has 3 N–H and O–H groups in total. The number of thiazole rings is 1. The van der Waals surface area contributed by atoms with E-state index in [4.69, 9.17) is 10.6 Å². The van der Waals surface area contributed by atoms with Gasteiger partial charge in [0.1, 0.15) is 0 Å². The molecule has 0 amide bonds. The second kappa shape index (κ2) is 6.10. The summed E-state index contributed by atoms with van der Waals surface area (Å²) >= 11 is 1.72. The molecule has 1 aliphatic carbocycles. The van der Waals surface area contributed by atoms with E-state index in [1.807, 2.05) is 0 Å². The molecule has 20 heavy (non-hydrogen) atoms. The van der Waals surface area contributed by atoms with Crippen LogP contribution in [0, 0.1) is 12.8 Å². The first kappa shape index (κ1) is 14.4. The van der Waals surface area contributed by atoms with Crippen molar-refractivity contribution >= 4 is 11.3 Å². The van der Waals surface area contributed by atoms with Gasteiger partial charge < -0.3 is 4.74 Å². The molecule has 2 atom stereocenters. The molecular formula is C15H25N3OS. The Morgan fingerprint density at radius 3 is 3.00 bits per heavy atom. The van der Waals surface area contributed by atoms with E-state index in [2.05, 4.69) is 22.7 Å². The molecule has 1 aromatic rings. The summed E-state index contributed by atoms with van der Waals surface area (Å²) in [6.45, 7) is 2.94. The molecule has 1 aliphatic heterocycles. The Kier molecular flexibility index (Phi) is 4.40. The summed E-state index contributed by atoms with van der Waals surface area (Å²) in [5, 5.41) is 3.29. The van der Waals surface area contributed by atoms with Gasteiger partial charge in [0, 0.05) is 24.4 Å². The first-order valence-corrected chi connectivity index (χ1v) is 8.60. The van der Waals surface area contributed by atoms with Gasteiger partial charge in [-0.05, 0) is 38.5 Å². The van der Waals surface area contributed by atoms with Gasteiger partial charge in [0.2, 0.25) is 0 Å². The first-order chi connectivity index (χ1) is 9.71. The summed E-state index contributed by atoms with van der Waals surface area (Å²) in [6, 6.07) is 0.317. The van der Waals surface area contributed by atoms with Crippen molar-refractivity contribution in [3.63, 3.8) is 0 Å². The number of ether oxygens (including phenoxy) is 1. The average Bonchev–Trinajstić information content (AvgIpc) is 3.06. The van der Waals surface area contributed by atoms with Crippen LogP contribution in [0.3, 0.4) is 0 Å². The molecule has 0 radical (unpaired) electrons. The molecule has 2 fully saturated rings. The van der Waals surface area contributed by atoms with Crippen LogP contribution in [0.15, 0.2) is 5.38 Å². The second-order valence-electron chi connectivity index (χ2n) is 6.33. The Labute approximate surface area is 125 Å². The number of hydrogen-bond donors (Lipinski definition) is 2. The first-order valence-electron chi connectivity index (χ1n) is 7.72. The molecule has 4 nitrogen and oxygen atoms in total. The molecule has 2 heterocycles. The van der Waals surface area contributed by atoms with Crippen molar-refractivity contribution in [1.82, 2.24) is 10.4 Å². The SMILES string of the molecule is Cc1nc(CC(NN)C2CCOC3(CCCC3)C2)cs1. The standard InChI is InChI=1S/C15H25N3OS/c1-11-17-13(10-20-11)8-14(18-16)12-4-7-19-15(9-12)5-2-3-6-15/h10,12,14,18H,2-9,16H2,1H3. The van der Waals surface area contributed by atoms with Gasteiger partial charge in [-0.3, -0.25) is 11.3 Å². The fraction of sp³-hybridized carbons (Fsp3) is 0.800. The van der Waals surface area contributed by atoms with Gasteiger partial charge in [-0.15, -0.1) is 11.3 Å². The molecule has 2 unspecified atom stereocenters. The van der Waals surface area contributed by atoms with Crippen LogP contribution in [0.1, 0.15) is 49.2 Å². The molecule has 1 saturated heterocycles.